The average molecular weight is 253 g/mol. The van der Waals surface area contributed by atoms with Gasteiger partial charge in [-0.05, 0) is 13.3 Å². The highest BCUT2D eigenvalue weighted by Crippen LogP contribution is 2.07. The van der Waals surface area contributed by atoms with Crippen LogP contribution in [0.3, 0.4) is 0 Å². The Balaban J connectivity index is 2.44. The van der Waals surface area contributed by atoms with Gasteiger partial charge < -0.3 is 4.74 Å². The maximum Gasteiger partial charge on any atom is 0.378 e. The Morgan fingerprint density at radius 2 is 1.94 bits per heavy atom. The molecule has 0 amide bonds. The van der Waals surface area contributed by atoms with Crippen molar-refractivity contribution in [1.29, 1.82) is 0 Å². The van der Waals surface area contributed by atoms with Crippen molar-refractivity contribution in [2.24, 2.45) is 7.05 Å². The number of carbonyl (C=O) groups is 1. The molecule has 1 aromatic heterocycles. The Hall–Kier alpha value is -1.39. The molecule has 0 aliphatic rings. The Labute approximate surface area is 109 Å². The summed E-state index contributed by atoms with van der Waals surface area (Å²) in [6.07, 6.45) is 6.96. The largest absolute Gasteiger partial charge is 0.460 e. The van der Waals surface area contributed by atoms with Gasteiger partial charge in [0.05, 0.1) is 6.61 Å². The van der Waals surface area contributed by atoms with Gasteiger partial charge in [0.15, 0.2) is 0 Å². The van der Waals surface area contributed by atoms with Crippen LogP contribution in [-0.2, 0) is 18.2 Å². The van der Waals surface area contributed by atoms with Crippen LogP contribution in [0.2, 0.25) is 0 Å². The maximum atomic E-state index is 11.5. The molecule has 0 unspecified atom stereocenters. The minimum absolute atomic E-state index is 0.169. The molecule has 0 radical (unpaired) electrons. The van der Waals surface area contributed by atoms with Crippen molar-refractivity contribution in [2.45, 2.75) is 52.4 Å². The Bertz CT molecular complexity index is 374. The molecule has 0 aliphatic carbocycles. The van der Waals surface area contributed by atoms with Crippen molar-refractivity contribution < 1.29 is 9.53 Å². The van der Waals surface area contributed by atoms with E-state index in [0.29, 0.717) is 6.61 Å². The summed E-state index contributed by atoms with van der Waals surface area (Å²) in [5, 5.41) is 4.08. The van der Waals surface area contributed by atoms with Gasteiger partial charge >= 0.3 is 5.97 Å². The summed E-state index contributed by atoms with van der Waals surface area (Å²) in [5.41, 5.74) is 0. The molecular weight excluding hydrogens is 230 g/mol. The van der Waals surface area contributed by atoms with Crippen LogP contribution in [0.4, 0.5) is 0 Å². The molecule has 0 saturated heterocycles. The highest BCUT2D eigenvalue weighted by atomic mass is 16.5. The van der Waals surface area contributed by atoms with E-state index >= 15 is 0 Å². The minimum atomic E-state index is -0.440. The second kappa shape index (κ2) is 7.84. The molecule has 0 N–H and O–H groups in total. The van der Waals surface area contributed by atoms with Crippen molar-refractivity contribution in [2.75, 3.05) is 6.61 Å². The number of hydrogen-bond acceptors (Lipinski definition) is 4. The van der Waals surface area contributed by atoms with Gasteiger partial charge in [-0.15, -0.1) is 5.10 Å². The topological polar surface area (TPSA) is 57.0 Å². The number of aryl methyl sites for hydroxylation is 2. The molecule has 0 aliphatic heterocycles. The van der Waals surface area contributed by atoms with Crippen LogP contribution in [-0.4, -0.2) is 27.3 Å². The molecule has 0 fully saturated rings. The van der Waals surface area contributed by atoms with Gasteiger partial charge in [0.25, 0.3) is 5.82 Å². The molecule has 18 heavy (non-hydrogen) atoms. The molecule has 5 heteroatoms. The lowest BCUT2D eigenvalue weighted by Gasteiger charge is -1.99. The number of esters is 1. The standard InChI is InChI=1S/C13H23N3O2/c1-4-6-7-8-9-10-11-14-12(15-16(11)3)13(17)18-5-2/h4-10H2,1-3H3. The normalized spacial score (nSPS) is 10.6. The second-order valence-electron chi connectivity index (χ2n) is 4.36. The first kappa shape index (κ1) is 14.7. The van der Waals surface area contributed by atoms with Gasteiger partial charge in [0.1, 0.15) is 5.82 Å². The van der Waals surface area contributed by atoms with E-state index in [-0.39, 0.29) is 5.82 Å². The summed E-state index contributed by atoms with van der Waals surface area (Å²) in [4.78, 5) is 15.7. The molecule has 1 heterocycles. The number of rotatable bonds is 8. The molecule has 0 atom stereocenters. The average Bonchev–Trinajstić information content (AvgIpc) is 2.71. The fourth-order valence-corrected chi connectivity index (χ4v) is 1.80. The van der Waals surface area contributed by atoms with Crippen molar-refractivity contribution >= 4 is 5.97 Å². The van der Waals surface area contributed by atoms with Crippen LogP contribution < -0.4 is 0 Å². The van der Waals surface area contributed by atoms with Gasteiger partial charge in [-0.1, -0.05) is 32.6 Å². The fraction of sp³-hybridized carbons (Fsp3) is 0.769. The number of carbonyl (C=O) groups excluding carboxylic acids is 1. The van der Waals surface area contributed by atoms with E-state index < -0.39 is 5.97 Å². The molecule has 0 bridgehead atoms. The highest BCUT2D eigenvalue weighted by molar-refractivity contribution is 5.84. The molecule has 1 aromatic rings. The van der Waals surface area contributed by atoms with Gasteiger partial charge in [0.2, 0.25) is 0 Å². The van der Waals surface area contributed by atoms with E-state index in [4.69, 9.17) is 4.74 Å². The fourth-order valence-electron chi connectivity index (χ4n) is 1.80. The smallest absolute Gasteiger partial charge is 0.378 e. The Morgan fingerprint density at radius 3 is 2.61 bits per heavy atom. The lowest BCUT2D eigenvalue weighted by molar-refractivity contribution is 0.0512. The zero-order chi connectivity index (χ0) is 13.4. The Morgan fingerprint density at radius 1 is 1.22 bits per heavy atom. The number of nitrogens with zero attached hydrogens (tertiary/aromatic N) is 3. The van der Waals surface area contributed by atoms with Crippen molar-refractivity contribution in [3.63, 3.8) is 0 Å². The number of hydrogen-bond donors (Lipinski definition) is 0. The van der Waals surface area contributed by atoms with E-state index in [9.17, 15) is 4.79 Å². The van der Waals surface area contributed by atoms with Gasteiger partial charge in [-0.25, -0.2) is 9.78 Å². The van der Waals surface area contributed by atoms with E-state index in [1.165, 1.54) is 25.7 Å². The van der Waals surface area contributed by atoms with Crippen LogP contribution in [0.1, 0.15) is 62.4 Å². The zero-order valence-corrected chi connectivity index (χ0v) is 11.6. The van der Waals surface area contributed by atoms with E-state index in [0.717, 1.165) is 18.7 Å². The molecule has 5 nitrogen and oxygen atoms in total. The summed E-state index contributed by atoms with van der Waals surface area (Å²) in [7, 11) is 1.82. The first-order valence-electron chi connectivity index (χ1n) is 6.76. The van der Waals surface area contributed by atoms with Gasteiger partial charge in [-0.2, -0.15) is 0 Å². The quantitative estimate of drug-likeness (QED) is 0.527. The second-order valence-corrected chi connectivity index (χ2v) is 4.36. The molecule has 0 saturated carbocycles. The first-order chi connectivity index (χ1) is 8.69. The van der Waals surface area contributed by atoms with E-state index in [1.807, 2.05) is 7.05 Å². The lowest BCUT2D eigenvalue weighted by atomic mass is 10.1. The van der Waals surface area contributed by atoms with Crippen molar-refractivity contribution in [1.82, 2.24) is 14.8 Å². The highest BCUT2D eigenvalue weighted by Gasteiger charge is 2.15. The third kappa shape index (κ3) is 4.47. The monoisotopic (exact) mass is 253 g/mol. The molecule has 102 valence electrons. The zero-order valence-electron chi connectivity index (χ0n) is 11.6. The molecule has 0 spiro atoms. The predicted octanol–water partition coefficient (Wildman–Crippen LogP) is 2.50. The lowest BCUT2D eigenvalue weighted by Crippen LogP contribution is -2.07. The summed E-state index contributed by atoms with van der Waals surface area (Å²) >= 11 is 0. The third-order valence-electron chi connectivity index (χ3n) is 2.82. The van der Waals surface area contributed by atoms with Crippen LogP contribution in [0.15, 0.2) is 0 Å². The summed E-state index contributed by atoms with van der Waals surface area (Å²) in [6.45, 7) is 4.33. The Kier molecular flexibility index (Phi) is 6.39. The maximum absolute atomic E-state index is 11.5. The third-order valence-corrected chi connectivity index (χ3v) is 2.82. The summed E-state index contributed by atoms with van der Waals surface area (Å²) < 4.78 is 6.55. The van der Waals surface area contributed by atoms with Crippen LogP contribution in [0, 0.1) is 0 Å². The minimum Gasteiger partial charge on any atom is -0.460 e. The molecule has 1 rings (SSSR count). The number of unbranched alkanes of at least 4 members (excludes halogenated alkanes) is 4. The molecular formula is C13H23N3O2. The van der Waals surface area contributed by atoms with Crippen molar-refractivity contribution in [3.05, 3.63) is 11.6 Å². The first-order valence-corrected chi connectivity index (χ1v) is 6.76. The summed E-state index contributed by atoms with van der Waals surface area (Å²) in [5.74, 6) is 0.586. The molecule has 0 aromatic carbocycles. The van der Waals surface area contributed by atoms with Crippen LogP contribution in [0.25, 0.3) is 0 Å². The van der Waals surface area contributed by atoms with Gasteiger partial charge in [0, 0.05) is 13.5 Å². The van der Waals surface area contributed by atoms with Crippen LogP contribution >= 0.6 is 0 Å². The van der Waals surface area contributed by atoms with Crippen LogP contribution in [0.5, 0.6) is 0 Å². The SMILES string of the molecule is CCCCCCCc1nc(C(=O)OCC)nn1C. The number of aromatic nitrogens is 3. The number of ether oxygens (including phenoxy) is 1. The van der Waals surface area contributed by atoms with E-state index in [2.05, 4.69) is 17.0 Å². The van der Waals surface area contributed by atoms with Crippen molar-refractivity contribution in [3.8, 4) is 0 Å². The van der Waals surface area contributed by atoms with E-state index in [1.54, 1.807) is 11.6 Å². The summed E-state index contributed by atoms with van der Waals surface area (Å²) in [6, 6.07) is 0. The van der Waals surface area contributed by atoms with Gasteiger partial charge in [-0.3, -0.25) is 4.68 Å². The predicted molar refractivity (Wildman–Crippen MR) is 69.4 cm³/mol.